The van der Waals surface area contributed by atoms with Gasteiger partial charge in [0.2, 0.25) is 0 Å². The van der Waals surface area contributed by atoms with Gasteiger partial charge in [0, 0.05) is 17.6 Å². The highest BCUT2D eigenvalue weighted by atomic mass is 32.1. The van der Waals surface area contributed by atoms with Crippen LogP contribution in [0.4, 0.5) is 0 Å². The molecule has 1 atom stereocenters. The summed E-state index contributed by atoms with van der Waals surface area (Å²) in [6.45, 7) is 3.15. The summed E-state index contributed by atoms with van der Waals surface area (Å²) in [6.07, 6.45) is 2.98. The smallest absolute Gasteiger partial charge is 0.0839 e. The third-order valence-electron chi connectivity index (χ3n) is 2.60. The summed E-state index contributed by atoms with van der Waals surface area (Å²) in [6, 6.07) is 6.60. The van der Waals surface area contributed by atoms with Gasteiger partial charge in [-0.25, -0.2) is 0 Å². The van der Waals surface area contributed by atoms with Crippen LogP contribution in [0, 0.1) is 0 Å². The van der Waals surface area contributed by atoms with Gasteiger partial charge >= 0.3 is 0 Å². The molecule has 1 N–H and O–H groups in total. The van der Waals surface area contributed by atoms with Crippen molar-refractivity contribution in [3.8, 4) is 0 Å². The van der Waals surface area contributed by atoms with Crippen LogP contribution < -0.4 is 5.32 Å². The van der Waals surface area contributed by atoms with Crippen molar-refractivity contribution in [1.82, 2.24) is 15.1 Å². The van der Waals surface area contributed by atoms with Crippen LogP contribution in [0.1, 0.15) is 30.0 Å². The molecule has 4 heteroatoms. The number of rotatable bonds is 5. The summed E-state index contributed by atoms with van der Waals surface area (Å²) in [4.78, 5) is 1.33. The van der Waals surface area contributed by atoms with Crippen LogP contribution >= 0.6 is 11.3 Å². The first kappa shape index (κ1) is 11.4. The number of nitrogens with one attached hydrogen (secondary N) is 1. The zero-order valence-corrected chi connectivity index (χ0v) is 10.5. The molecular formula is C12H17N3S. The Morgan fingerprint density at radius 1 is 1.50 bits per heavy atom. The molecule has 0 saturated carbocycles. The fourth-order valence-electron chi connectivity index (χ4n) is 1.88. The predicted molar refractivity (Wildman–Crippen MR) is 67.7 cm³/mol. The monoisotopic (exact) mass is 235 g/mol. The van der Waals surface area contributed by atoms with E-state index >= 15 is 0 Å². The molecule has 1 unspecified atom stereocenters. The topological polar surface area (TPSA) is 29.9 Å². The molecule has 0 radical (unpaired) electrons. The van der Waals surface area contributed by atoms with Crippen molar-refractivity contribution >= 4 is 11.3 Å². The third-order valence-corrected chi connectivity index (χ3v) is 3.53. The van der Waals surface area contributed by atoms with E-state index in [4.69, 9.17) is 0 Å². The molecule has 0 aromatic carbocycles. The van der Waals surface area contributed by atoms with Crippen molar-refractivity contribution in [2.45, 2.75) is 25.9 Å². The number of hydrogen-bond acceptors (Lipinski definition) is 3. The largest absolute Gasteiger partial charge is 0.307 e. The normalized spacial score (nSPS) is 12.9. The lowest BCUT2D eigenvalue weighted by molar-refractivity contribution is 0.538. The van der Waals surface area contributed by atoms with Gasteiger partial charge < -0.3 is 5.32 Å². The Balaban J connectivity index is 2.30. The molecule has 86 valence electrons. The van der Waals surface area contributed by atoms with Crippen molar-refractivity contribution in [2.24, 2.45) is 0 Å². The van der Waals surface area contributed by atoms with Gasteiger partial charge in [0.15, 0.2) is 0 Å². The molecule has 0 fully saturated rings. The minimum atomic E-state index is 0.258. The van der Waals surface area contributed by atoms with E-state index in [1.165, 1.54) is 10.6 Å². The van der Waals surface area contributed by atoms with Crippen molar-refractivity contribution in [3.05, 3.63) is 40.3 Å². The van der Waals surface area contributed by atoms with Crippen molar-refractivity contribution in [1.29, 1.82) is 0 Å². The Hall–Kier alpha value is -1.13. The van der Waals surface area contributed by atoms with Gasteiger partial charge in [0.25, 0.3) is 0 Å². The molecule has 0 saturated heterocycles. The second kappa shape index (κ2) is 5.27. The molecular weight excluding hydrogens is 218 g/mol. The quantitative estimate of drug-likeness (QED) is 0.863. The summed E-state index contributed by atoms with van der Waals surface area (Å²) < 4.78 is 2.08. The summed E-state index contributed by atoms with van der Waals surface area (Å²) in [5.74, 6) is 0. The average Bonchev–Trinajstić information content (AvgIpc) is 2.92. The summed E-state index contributed by atoms with van der Waals surface area (Å²) >= 11 is 1.78. The molecule has 2 heterocycles. The summed E-state index contributed by atoms with van der Waals surface area (Å²) in [7, 11) is 1.99. The fraction of sp³-hybridized carbons (Fsp3) is 0.417. The van der Waals surface area contributed by atoms with Gasteiger partial charge in [-0.15, -0.1) is 11.3 Å². The van der Waals surface area contributed by atoms with E-state index in [1.54, 1.807) is 11.3 Å². The Morgan fingerprint density at radius 3 is 3.00 bits per heavy atom. The number of aromatic nitrogens is 2. The first-order chi connectivity index (χ1) is 7.86. The Labute approximate surface area is 100 Å². The van der Waals surface area contributed by atoms with E-state index in [0.717, 1.165) is 13.0 Å². The van der Waals surface area contributed by atoms with E-state index in [1.807, 2.05) is 13.2 Å². The second-order valence-electron chi connectivity index (χ2n) is 3.72. The lowest BCUT2D eigenvalue weighted by Crippen LogP contribution is -2.20. The highest BCUT2D eigenvalue weighted by molar-refractivity contribution is 7.10. The van der Waals surface area contributed by atoms with E-state index < -0.39 is 0 Å². The Kier molecular flexibility index (Phi) is 3.74. The highest BCUT2D eigenvalue weighted by Gasteiger charge is 2.16. The maximum atomic E-state index is 4.37. The fourth-order valence-corrected chi connectivity index (χ4v) is 2.72. The molecule has 0 aliphatic heterocycles. The van der Waals surface area contributed by atoms with Gasteiger partial charge in [-0.2, -0.15) is 5.10 Å². The number of hydrogen-bond donors (Lipinski definition) is 1. The Morgan fingerprint density at radius 2 is 2.38 bits per heavy atom. The predicted octanol–water partition coefficient (Wildman–Crippen LogP) is 2.66. The maximum Gasteiger partial charge on any atom is 0.0839 e. The summed E-state index contributed by atoms with van der Waals surface area (Å²) in [5.41, 5.74) is 1.24. The van der Waals surface area contributed by atoms with Crippen LogP contribution in [0.5, 0.6) is 0 Å². The molecule has 0 spiro atoms. The van der Waals surface area contributed by atoms with Crippen LogP contribution in [0.3, 0.4) is 0 Å². The van der Waals surface area contributed by atoms with E-state index in [9.17, 15) is 0 Å². The molecule has 2 rings (SSSR count). The van der Waals surface area contributed by atoms with Gasteiger partial charge in [-0.3, -0.25) is 4.68 Å². The standard InChI is InChI=1S/C12H17N3S/c1-3-8-15-10(6-7-14-15)12(13-2)11-5-4-9-16-11/h4-7,9,12-13H,3,8H2,1-2H3. The minimum absolute atomic E-state index is 0.258. The number of aryl methyl sites for hydroxylation is 1. The molecule has 0 aliphatic carbocycles. The molecule has 16 heavy (non-hydrogen) atoms. The molecule has 0 amide bonds. The zero-order valence-electron chi connectivity index (χ0n) is 9.68. The van der Waals surface area contributed by atoms with E-state index in [2.05, 4.69) is 45.6 Å². The lowest BCUT2D eigenvalue weighted by atomic mass is 10.1. The first-order valence-corrected chi connectivity index (χ1v) is 6.47. The highest BCUT2D eigenvalue weighted by Crippen LogP contribution is 2.25. The SMILES string of the molecule is CCCn1nccc1C(NC)c1cccs1. The van der Waals surface area contributed by atoms with Gasteiger partial charge in [0.05, 0.1) is 11.7 Å². The van der Waals surface area contributed by atoms with Gasteiger partial charge in [-0.1, -0.05) is 13.0 Å². The van der Waals surface area contributed by atoms with Crippen molar-refractivity contribution < 1.29 is 0 Å². The van der Waals surface area contributed by atoms with Crippen molar-refractivity contribution in [3.63, 3.8) is 0 Å². The number of nitrogens with zero attached hydrogens (tertiary/aromatic N) is 2. The number of thiophene rings is 1. The zero-order chi connectivity index (χ0) is 11.4. The van der Waals surface area contributed by atoms with E-state index in [-0.39, 0.29) is 6.04 Å². The third kappa shape index (κ3) is 2.18. The van der Waals surface area contributed by atoms with E-state index in [0.29, 0.717) is 0 Å². The molecule has 0 bridgehead atoms. The molecule has 0 aliphatic rings. The Bertz CT molecular complexity index is 419. The molecule has 2 aromatic heterocycles. The maximum absolute atomic E-state index is 4.37. The van der Waals surface area contributed by atoms with Crippen molar-refractivity contribution in [2.75, 3.05) is 7.05 Å². The average molecular weight is 235 g/mol. The van der Waals surface area contributed by atoms with Gasteiger partial charge in [-0.05, 0) is 31.0 Å². The second-order valence-corrected chi connectivity index (χ2v) is 4.70. The first-order valence-electron chi connectivity index (χ1n) is 5.59. The summed E-state index contributed by atoms with van der Waals surface area (Å²) in [5, 5.41) is 9.83. The van der Waals surface area contributed by atoms with Crippen LogP contribution in [0.15, 0.2) is 29.8 Å². The van der Waals surface area contributed by atoms with Crippen LogP contribution in [0.2, 0.25) is 0 Å². The van der Waals surface area contributed by atoms with Crippen LogP contribution in [-0.2, 0) is 6.54 Å². The molecule has 2 aromatic rings. The molecule has 3 nitrogen and oxygen atoms in total. The van der Waals surface area contributed by atoms with Crippen LogP contribution in [0.25, 0.3) is 0 Å². The van der Waals surface area contributed by atoms with Gasteiger partial charge in [0.1, 0.15) is 0 Å². The lowest BCUT2D eigenvalue weighted by Gasteiger charge is -2.16. The minimum Gasteiger partial charge on any atom is -0.307 e. The van der Waals surface area contributed by atoms with Crippen LogP contribution in [-0.4, -0.2) is 16.8 Å².